The average molecular weight is 570 g/mol. The molecule has 1 aromatic heterocycles. The van der Waals surface area contributed by atoms with Gasteiger partial charge in [-0.1, -0.05) is 18.2 Å². The summed E-state index contributed by atoms with van der Waals surface area (Å²) >= 11 is 1.46. The summed E-state index contributed by atoms with van der Waals surface area (Å²) in [7, 11) is 0. The molecule has 3 aliphatic rings. The Morgan fingerprint density at radius 2 is 1.95 bits per heavy atom. The van der Waals surface area contributed by atoms with Crippen LogP contribution >= 0.6 is 11.3 Å². The monoisotopic (exact) mass is 569 g/mol. The lowest BCUT2D eigenvalue weighted by Gasteiger charge is -2.26. The van der Waals surface area contributed by atoms with Crippen molar-refractivity contribution in [1.82, 2.24) is 15.5 Å². The minimum Gasteiger partial charge on any atom is -0.494 e. The van der Waals surface area contributed by atoms with E-state index >= 15 is 0 Å². The maximum absolute atomic E-state index is 13.6. The van der Waals surface area contributed by atoms with Crippen molar-refractivity contribution in [1.29, 1.82) is 5.41 Å². The van der Waals surface area contributed by atoms with Gasteiger partial charge < -0.3 is 35.5 Å². The van der Waals surface area contributed by atoms with Crippen molar-refractivity contribution >= 4 is 34.9 Å². The number of likely N-dealkylation sites (tertiary alicyclic amines) is 1. The molecule has 3 fully saturated rings. The highest BCUT2D eigenvalue weighted by Crippen LogP contribution is 2.43. The molecule has 2 aromatic rings. The van der Waals surface area contributed by atoms with Crippen LogP contribution in [0, 0.1) is 11.3 Å². The van der Waals surface area contributed by atoms with Crippen LogP contribution in [0.2, 0.25) is 0 Å². The van der Waals surface area contributed by atoms with E-state index in [1.807, 2.05) is 41.8 Å². The Balaban J connectivity index is 1.17. The first-order valence-corrected chi connectivity index (χ1v) is 14.5. The van der Waals surface area contributed by atoms with E-state index < -0.39 is 11.8 Å². The largest absolute Gasteiger partial charge is 0.494 e. The van der Waals surface area contributed by atoms with Crippen molar-refractivity contribution in [2.45, 2.75) is 50.0 Å². The molecule has 5 rings (SSSR count). The van der Waals surface area contributed by atoms with Gasteiger partial charge in [-0.2, -0.15) is 0 Å². The molecule has 0 bridgehead atoms. The Kier molecular flexibility index (Phi) is 8.67. The lowest BCUT2D eigenvalue weighted by molar-refractivity contribution is -0.152. The summed E-state index contributed by atoms with van der Waals surface area (Å²) < 4.78 is 17.3. The van der Waals surface area contributed by atoms with Gasteiger partial charge in [0.1, 0.15) is 17.6 Å². The van der Waals surface area contributed by atoms with Gasteiger partial charge in [0.25, 0.3) is 0 Å². The third kappa shape index (κ3) is 6.80. The zero-order valence-corrected chi connectivity index (χ0v) is 23.0. The minimum absolute atomic E-state index is 0.0146. The summed E-state index contributed by atoms with van der Waals surface area (Å²) in [4.78, 5) is 41.6. The number of benzene rings is 1. The number of hydrogen-bond donors (Lipinski definition) is 4. The number of ether oxygens (including phenoxy) is 3. The number of nitrogens with one attached hydrogen (secondary N) is 3. The number of hydrogen-bond acceptors (Lipinski definition) is 8. The van der Waals surface area contributed by atoms with Crippen LogP contribution in [0.15, 0.2) is 41.8 Å². The van der Waals surface area contributed by atoms with Crippen LogP contribution in [0.3, 0.4) is 0 Å². The Morgan fingerprint density at radius 1 is 1.20 bits per heavy atom. The topological polar surface area (TPSA) is 156 Å². The maximum atomic E-state index is 13.6. The van der Waals surface area contributed by atoms with Crippen molar-refractivity contribution in [2.24, 2.45) is 11.7 Å². The minimum atomic E-state index is -1.02. The number of nitrogen functional groups attached to an aromatic ring is 1. The Hall–Kier alpha value is -3.48. The number of rotatable bonds is 12. The fourth-order valence-electron chi connectivity index (χ4n) is 5.10. The fourth-order valence-corrected chi connectivity index (χ4v) is 6.15. The highest BCUT2D eigenvalue weighted by Gasteiger charge is 2.53. The number of para-hydroxylation sites is 1. The van der Waals surface area contributed by atoms with Crippen molar-refractivity contribution in [3.05, 3.63) is 52.2 Å². The fraction of sp³-hybridized carbons (Fsp3) is 0.500. The molecule has 1 saturated carbocycles. The molecule has 2 saturated heterocycles. The lowest BCUT2D eigenvalue weighted by atomic mass is 10.1. The smallest absolute Gasteiger partial charge is 0.243 e. The second-order valence-electron chi connectivity index (χ2n) is 10.4. The molecule has 3 amide bonds. The van der Waals surface area contributed by atoms with Gasteiger partial charge in [0.2, 0.25) is 17.7 Å². The molecule has 11 nitrogen and oxygen atoms in total. The first-order valence-electron chi connectivity index (χ1n) is 13.6. The van der Waals surface area contributed by atoms with Crippen LogP contribution in [0.5, 0.6) is 5.75 Å². The van der Waals surface area contributed by atoms with E-state index in [4.69, 9.17) is 25.4 Å². The summed E-state index contributed by atoms with van der Waals surface area (Å²) in [5.41, 5.74) is 6.27. The molecule has 214 valence electrons. The van der Waals surface area contributed by atoms with E-state index in [-0.39, 0.29) is 55.5 Å². The molecule has 0 radical (unpaired) electrons. The third-order valence-electron chi connectivity index (χ3n) is 7.35. The van der Waals surface area contributed by atoms with Crippen molar-refractivity contribution < 1.29 is 28.6 Å². The van der Waals surface area contributed by atoms with Crippen LogP contribution in [0.4, 0.5) is 0 Å². The number of carbonyl (C=O) groups excluding carboxylic acids is 3. The van der Waals surface area contributed by atoms with Gasteiger partial charge in [-0.25, -0.2) is 0 Å². The van der Waals surface area contributed by atoms with Gasteiger partial charge in [-0.05, 0) is 43.4 Å². The van der Waals surface area contributed by atoms with Gasteiger partial charge >= 0.3 is 0 Å². The molecule has 3 heterocycles. The Labute approximate surface area is 236 Å². The normalized spacial score (nSPS) is 20.3. The lowest BCUT2D eigenvalue weighted by Crippen LogP contribution is -2.50. The van der Waals surface area contributed by atoms with Gasteiger partial charge in [0.05, 0.1) is 39.0 Å². The molecule has 1 spiro atoms. The number of thiophene rings is 1. The van der Waals surface area contributed by atoms with E-state index in [1.165, 1.54) is 16.2 Å². The van der Waals surface area contributed by atoms with Crippen LogP contribution in [0.25, 0.3) is 0 Å². The molecule has 2 aliphatic heterocycles. The second kappa shape index (κ2) is 12.4. The zero-order chi connectivity index (χ0) is 28.1. The number of amides is 3. The molecule has 1 unspecified atom stereocenters. The quantitative estimate of drug-likeness (QED) is 0.173. The van der Waals surface area contributed by atoms with E-state index in [0.29, 0.717) is 37.7 Å². The highest BCUT2D eigenvalue weighted by atomic mass is 32.1. The van der Waals surface area contributed by atoms with Gasteiger partial charge in [0, 0.05) is 28.7 Å². The molecule has 40 heavy (non-hydrogen) atoms. The third-order valence-corrected chi connectivity index (χ3v) is 8.37. The van der Waals surface area contributed by atoms with Crippen molar-refractivity contribution in [2.75, 3.05) is 32.9 Å². The Bertz CT molecular complexity index is 1230. The Morgan fingerprint density at radius 3 is 2.62 bits per heavy atom. The summed E-state index contributed by atoms with van der Waals surface area (Å²) in [6.45, 7) is 1.07. The van der Waals surface area contributed by atoms with Gasteiger partial charge in [-0.3, -0.25) is 19.8 Å². The van der Waals surface area contributed by atoms with Crippen LogP contribution < -0.4 is 21.1 Å². The van der Waals surface area contributed by atoms with Crippen LogP contribution in [-0.2, 0) is 23.9 Å². The molecule has 1 aromatic carbocycles. The maximum Gasteiger partial charge on any atom is 0.243 e. The van der Waals surface area contributed by atoms with E-state index in [0.717, 1.165) is 23.5 Å². The summed E-state index contributed by atoms with van der Waals surface area (Å²) in [6.07, 6.45) is 2.92. The van der Waals surface area contributed by atoms with Gasteiger partial charge in [0.15, 0.2) is 5.79 Å². The SMILES string of the molecule is N=C(N)c1csc([C@H](NC(=O)C2CC3(CN2C(=O)CNC(=O)CCCOc2ccccc2)OCCO3)C2CC2)c1. The van der Waals surface area contributed by atoms with Crippen LogP contribution in [-0.4, -0.2) is 73.2 Å². The summed E-state index contributed by atoms with van der Waals surface area (Å²) in [6, 6.07) is 10.2. The molecular weight excluding hydrogens is 534 g/mol. The molecule has 12 heteroatoms. The van der Waals surface area contributed by atoms with Gasteiger partial charge in [-0.15, -0.1) is 11.3 Å². The molecule has 5 N–H and O–H groups in total. The van der Waals surface area contributed by atoms with E-state index in [1.54, 1.807) is 0 Å². The second-order valence-corrected chi connectivity index (χ2v) is 11.3. The van der Waals surface area contributed by atoms with Crippen molar-refractivity contribution in [3.63, 3.8) is 0 Å². The molecule has 2 atom stereocenters. The molecule has 1 aliphatic carbocycles. The average Bonchev–Trinajstić information content (AvgIpc) is 3.33. The van der Waals surface area contributed by atoms with Crippen LogP contribution in [0.1, 0.15) is 48.6 Å². The number of carbonyl (C=O) groups is 3. The van der Waals surface area contributed by atoms with E-state index in [9.17, 15) is 14.4 Å². The number of nitrogens with zero attached hydrogens (tertiary/aromatic N) is 1. The zero-order valence-electron chi connectivity index (χ0n) is 22.2. The number of nitrogens with two attached hydrogens (primary N) is 1. The summed E-state index contributed by atoms with van der Waals surface area (Å²) in [5, 5.41) is 15.3. The standard InChI is InChI=1S/C28H35N5O6S/c29-26(30)19-13-22(40-16-19)25(18-8-9-18)32-27(36)21-14-28(38-11-12-39-28)17-33(21)24(35)15-31-23(34)7-4-10-37-20-5-2-1-3-6-20/h1-3,5-6,13,16,18,21,25H,4,7-12,14-15,17H2,(H3,29,30)(H,31,34)(H,32,36)/t21?,25-/m1/s1. The predicted octanol–water partition coefficient (Wildman–Crippen LogP) is 1.92. The summed E-state index contributed by atoms with van der Waals surface area (Å²) in [5.74, 6) is -0.919. The molecular formula is C28H35N5O6S. The highest BCUT2D eigenvalue weighted by molar-refractivity contribution is 7.10. The van der Waals surface area contributed by atoms with E-state index in [2.05, 4.69) is 10.6 Å². The first-order chi connectivity index (χ1) is 19.3. The van der Waals surface area contributed by atoms with Crippen molar-refractivity contribution in [3.8, 4) is 5.75 Å². The predicted molar refractivity (Wildman–Crippen MR) is 148 cm³/mol. The first kappa shape index (κ1) is 28.1. The number of amidine groups is 1.